The molecule has 0 radical (unpaired) electrons. The number of hydrogen-bond acceptors (Lipinski definition) is 4. The molecule has 2 aromatic carbocycles. The maximum absolute atomic E-state index is 10.6. The number of rotatable bonds is 4. The Labute approximate surface area is 134 Å². The normalized spacial score (nSPS) is 10.6. The minimum Gasteiger partial charge on any atom is -0.262 e. The van der Waals surface area contributed by atoms with Gasteiger partial charge in [0.05, 0.1) is 4.92 Å². The van der Waals surface area contributed by atoms with Crippen LogP contribution in [0, 0.1) is 10.1 Å². The molecule has 1 N–H and O–H groups in total. The zero-order valence-electron chi connectivity index (χ0n) is 11.4. The molecule has 3 rings (SSSR count). The number of aromatic nitrogens is 3. The molecule has 1 aromatic heterocycles. The SMILES string of the molecule is O=[N+]([O-])c1ccc(Cc2nc(-c3ccc(Br)cc3)n[nH]2)cc1. The van der Waals surface area contributed by atoms with E-state index < -0.39 is 4.92 Å². The number of nitrogens with one attached hydrogen (secondary N) is 1. The fourth-order valence-corrected chi connectivity index (χ4v) is 2.30. The van der Waals surface area contributed by atoms with Crippen LogP contribution in [0.2, 0.25) is 0 Å². The van der Waals surface area contributed by atoms with Gasteiger partial charge in [0.2, 0.25) is 0 Å². The predicted molar refractivity (Wildman–Crippen MR) is 85.4 cm³/mol. The summed E-state index contributed by atoms with van der Waals surface area (Å²) in [5, 5.41) is 17.7. The maximum atomic E-state index is 10.6. The van der Waals surface area contributed by atoms with Crippen molar-refractivity contribution in [1.82, 2.24) is 15.2 Å². The topological polar surface area (TPSA) is 84.7 Å². The van der Waals surface area contributed by atoms with Crippen LogP contribution in [0.25, 0.3) is 11.4 Å². The van der Waals surface area contributed by atoms with Crippen LogP contribution in [0.3, 0.4) is 0 Å². The molecule has 7 heteroatoms. The van der Waals surface area contributed by atoms with Gasteiger partial charge in [-0.15, -0.1) is 0 Å². The van der Waals surface area contributed by atoms with E-state index in [1.807, 2.05) is 24.3 Å². The van der Waals surface area contributed by atoms with Crippen molar-refractivity contribution >= 4 is 21.6 Å². The molecule has 3 aromatic rings. The molecule has 0 aliphatic heterocycles. The molecule has 1 heterocycles. The van der Waals surface area contributed by atoms with E-state index in [1.165, 1.54) is 12.1 Å². The summed E-state index contributed by atoms with van der Waals surface area (Å²) in [5.74, 6) is 1.34. The molecule has 0 atom stereocenters. The highest BCUT2D eigenvalue weighted by atomic mass is 79.9. The van der Waals surface area contributed by atoms with E-state index in [1.54, 1.807) is 12.1 Å². The standard InChI is InChI=1S/C15H11BrN4O2/c16-12-5-3-11(4-6-12)15-17-14(18-19-15)9-10-1-7-13(8-2-10)20(21)22/h1-8H,9H2,(H,17,18,19). The zero-order chi connectivity index (χ0) is 15.5. The van der Waals surface area contributed by atoms with Crippen molar-refractivity contribution in [3.8, 4) is 11.4 Å². The first-order chi connectivity index (χ1) is 10.6. The van der Waals surface area contributed by atoms with E-state index in [0.717, 1.165) is 15.6 Å². The Hall–Kier alpha value is -2.54. The molecule has 0 aliphatic carbocycles. The third-order valence-corrected chi connectivity index (χ3v) is 3.68. The molecule has 0 fully saturated rings. The Balaban J connectivity index is 1.76. The summed E-state index contributed by atoms with van der Waals surface area (Å²) in [6.45, 7) is 0. The van der Waals surface area contributed by atoms with Gasteiger partial charge in [-0.1, -0.05) is 40.2 Å². The maximum Gasteiger partial charge on any atom is 0.269 e. The number of nitro benzene ring substituents is 1. The Kier molecular flexibility index (Phi) is 3.97. The van der Waals surface area contributed by atoms with Crippen molar-refractivity contribution in [2.45, 2.75) is 6.42 Å². The van der Waals surface area contributed by atoms with Crippen molar-refractivity contribution < 1.29 is 4.92 Å². The van der Waals surface area contributed by atoms with Gasteiger partial charge in [-0.2, -0.15) is 5.10 Å². The second-order valence-electron chi connectivity index (χ2n) is 4.71. The monoisotopic (exact) mass is 358 g/mol. The summed E-state index contributed by atoms with van der Waals surface area (Å²) in [6, 6.07) is 14.2. The van der Waals surface area contributed by atoms with Crippen LogP contribution < -0.4 is 0 Å². The van der Waals surface area contributed by atoms with E-state index in [-0.39, 0.29) is 5.69 Å². The van der Waals surface area contributed by atoms with Gasteiger partial charge in [0, 0.05) is 28.6 Å². The third-order valence-electron chi connectivity index (χ3n) is 3.15. The Morgan fingerprint density at radius 3 is 2.41 bits per heavy atom. The Bertz CT molecular complexity index is 797. The van der Waals surface area contributed by atoms with Gasteiger partial charge < -0.3 is 0 Å². The van der Waals surface area contributed by atoms with Crippen molar-refractivity contribution in [2.24, 2.45) is 0 Å². The van der Waals surface area contributed by atoms with Crippen LogP contribution in [0.5, 0.6) is 0 Å². The van der Waals surface area contributed by atoms with Crippen LogP contribution in [-0.4, -0.2) is 20.1 Å². The first kappa shape index (κ1) is 14.4. The summed E-state index contributed by atoms with van der Waals surface area (Å²) < 4.78 is 0.998. The summed E-state index contributed by atoms with van der Waals surface area (Å²) in [5.41, 5.74) is 1.94. The smallest absolute Gasteiger partial charge is 0.262 e. The fourth-order valence-electron chi connectivity index (χ4n) is 2.03. The third kappa shape index (κ3) is 3.20. The number of nitro groups is 1. The van der Waals surface area contributed by atoms with Gasteiger partial charge >= 0.3 is 0 Å². The van der Waals surface area contributed by atoms with Gasteiger partial charge in [-0.3, -0.25) is 15.2 Å². The van der Waals surface area contributed by atoms with Gasteiger partial charge in [-0.25, -0.2) is 4.98 Å². The van der Waals surface area contributed by atoms with Crippen molar-refractivity contribution in [3.63, 3.8) is 0 Å². The first-order valence-electron chi connectivity index (χ1n) is 6.52. The summed E-state index contributed by atoms with van der Waals surface area (Å²) >= 11 is 3.39. The molecule has 6 nitrogen and oxygen atoms in total. The van der Waals surface area contributed by atoms with Crippen LogP contribution in [0.1, 0.15) is 11.4 Å². The fraction of sp³-hybridized carbons (Fsp3) is 0.0667. The zero-order valence-corrected chi connectivity index (χ0v) is 12.9. The molecule has 22 heavy (non-hydrogen) atoms. The number of H-pyrrole nitrogens is 1. The van der Waals surface area contributed by atoms with E-state index in [4.69, 9.17) is 0 Å². The van der Waals surface area contributed by atoms with Gasteiger partial charge in [0.1, 0.15) is 5.82 Å². The van der Waals surface area contributed by atoms with Crippen LogP contribution in [-0.2, 0) is 6.42 Å². The molecule has 0 aliphatic rings. The van der Waals surface area contributed by atoms with E-state index in [0.29, 0.717) is 18.1 Å². The highest BCUT2D eigenvalue weighted by Gasteiger charge is 2.08. The summed E-state index contributed by atoms with van der Waals surface area (Å²) in [4.78, 5) is 14.7. The van der Waals surface area contributed by atoms with E-state index >= 15 is 0 Å². The number of aromatic amines is 1. The largest absolute Gasteiger partial charge is 0.269 e. The lowest BCUT2D eigenvalue weighted by molar-refractivity contribution is -0.384. The quantitative estimate of drug-likeness (QED) is 0.568. The molecule has 0 saturated carbocycles. The van der Waals surface area contributed by atoms with Crippen LogP contribution in [0.15, 0.2) is 53.0 Å². The number of non-ortho nitro benzene ring substituents is 1. The lowest BCUT2D eigenvalue weighted by Gasteiger charge is -1.97. The number of halogens is 1. The number of nitrogens with zero attached hydrogens (tertiary/aromatic N) is 3. The number of hydrogen-bond donors (Lipinski definition) is 1. The molecular formula is C15H11BrN4O2. The van der Waals surface area contributed by atoms with E-state index in [2.05, 4.69) is 31.1 Å². The highest BCUT2D eigenvalue weighted by Crippen LogP contribution is 2.19. The van der Waals surface area contributed by atoms with Gasteiger partial charge in [0.15, 0.2) is 5.82 Å². The van der Waals surface area contributed by atoms with Gasteiger partial charge in [-0.05, 0) is 17.7 Å². The lowest BCUT2D eigenvalue weighted by Crippen LogP contribution is -1.92. The Morgan fingerprint density at radius 1 is 1.09 bits per heavy atom. The second-order valence-corrected chi connectivity index (χ2v) is 5.63. The van der Waals surface area contributed by atoms with Gasteiger partial charge in [0.25, 0.3) is 5.69 Å². The van der Waals surface area contributed by atoms with Crippen LogP contribution in [0.4, 0.5) is 5.69 Å². The molecule has 0 amide bonds. The molecule has 0 unspecified atom stereocenters. The number of benzene rings is 2. The molecule has 0 spiro atoms. The molecule has 0 saturated heterocycles. The summed E-state index contributed by atoms with van der Waals surface area (Å²) in [7, 11) is 0. The second kappa shape index (κ2) is 6.07. The highest BCUT2D eigenvalue weighted by molar-refractivity contribution is 9.10. The molecule has 0 bridgehead atoms. The van der Waals surface area contributed by atoms with Crippen molar-refractivity contribution in [2.75, 3.05) is 0 Å². The minimum absolute atomic E-state index is 0.0804. The average Bonchev–Trinajstić information content (AvgIpc) is 2.97. The first-order valence-corrected chi connectivity index (χ1v) is 7.32. The lowest BCUT2D eigenvalue weighted by atomic mass is 10.1. The van der Waals surface area contributed by atoms with E-state index in [9.17, 15) is 10.1 Å². The minimum atomic E-state index is -0.413. The molecule has 110 valence electrons. The molecular weight excluding hydrogens is 348 g/mol. The average molecular weight is 359 g/mol. The van der Waals surface area contributed by atoms with Crippen molar-refractivity contribution in [3.05, 3.63) is 74.5 Å². The van der Waals surface area contributed by atoms with Crippen molar-refractivity contribution in [1.29, 1.82) is 0 Å². The Morgan fingerprint density at radius 2 is 1.77 bits per heavy atom. The predicted octanol–water partition coefficient (Wildman–Crippen LogP) is 3.73. The summed E-state index contributed by atoms with van der Waals surface area (Å²) in [6.07, 6.45) is 0.543. The van der Waals surface area contributed by atoms with Crippen LogP contribution >= 0.6 is 15.9 Å².